The van der Waals surface area contributed by atoms with Gasteiger partial charge >= 0.3 is 5.97 Å². The number of aromatic nitrogens is 2. The molecule has 1 heterocycles. The molecule has 0 bridgehead atoms. The van der Waals surface area contributed by atoms with Crippen LogP contribution < -0.4 is 4.74 Å². The van der Waals surface area contributed by atoms with E-state index in [9.17, 15) is 9.90 Å². The lowest BCUT2D eigenvalue weighted by atomic mass is 10.2. The number of carboxylic acid groups (broad SMARTS) is 1. The van der Waals surface area contributed by atoms with Gasteiger partial charge in [0.15, 0.2) is 5.16 Å². The largest absolute Gasteiger partial charge is 0.493 e. The second-order valence-electron chi connectivity index (χ2n) is 5.10. The molecule has 0 aliphatic rings. The van der Waals surface area contributed by atoms with Crippen molar-refractivity contribution >= 4 is 50.8 Å². The summed E-state index contributed by atoms with van der Waals surface area (Å²) in [7, 11) is 0. The molecule has 3 rings (SSSR count). The van der Waals surface area contributed by atoms with E-state index in [0.717, 1.165) is 38.6 Å². The van der Waals surface area contributed by atoms with E-state index >= 15 is 0 Å². The SMILES string of the molecule is CCOc1ccc(/C=C(\Sc2nc3ccccc3[nH]2)C(=O)O)cc1Br. The number of hydrogen-bond acceptors (Lipinski definition) is 4. The lowest BCUT2D eigenvalue weighted by Crippen LogP contribution is -1.97. The van der Waals surface area contributed by atoms with Crippen molar-refractivity contribution in [2.45, 2.75) is 12.1 Å². The number of ether oxygens (including phenoxy) is 1. The maximum absolute atomic E-state index is 11.6. The number of para-hydroxylation sites is 2. The fourth-order valence-corrected chi connectivity index (χ4v) is 3.55. The van der Waals surface area contributed by atoms with E-state index in [2.05, 4.69) is 25.9 Å². The number of benzene rings is 2. The van der Waals surface area contributed by atoms with Gasteiger partial charge in [-0.15, -0.1) is 0 Å². The van der Waals surface area contributed by atoms with Gasteiger partial charge in [0, 0.05) is 0 Å². The monoisotopic (exact) mass is 418 g/mol. The fourth-order valence-electron chi connectivity index (χ4n) is 2.25. The molecule has 128 valence electrons. The summed E-state index contributed by atoms with van der Waals surface area (Å²) in [4.78, 5) is 19.3. The Bertz CT molecular complexity index is 919. The minimum atomic E-state index is -1.00. The minimum absolute atomic E-state index is 0.176. The zero-order chi connectivity index (χ0) is 17.8. The van der Waals surface area contributed by atoms with E-state index in [4.69, 9.17) is 4.74 Å². The quantitative estimate of drug-likeness (QED) is 0.437. The molecular weight excluding hydrogens is 404 g/mol. The molecule has 3 aromatic rings. The summed E-state index contributed by atoms with van der Waals surface area (Å²) in [6, 6.07) is 13.0. The molecule has 5 nitrogen and oxygen atoms in total. The molecule has 25 heavy (non-hydrogen) atoms. The van der Waals surface area contributed by atoms with Crippen molar-refractivity contribution in [3.63, 3.8) is 0 Å². The topological polar surface area (TPSA) is 75.2 Å². The number of carbonyl (C=O) groups is 1. The first-order chi connectivity index (χ1) is 12.1. The van der Waals surface area contributed by atoms with Gasteiger partial charge in [0.05, 0.1) is 22.1 Å². The smallest absolute Gasteiger partial charge is 0.342 e. The average Bonchev–Trinajstić information content (AvgIpc) is 2.99. The van der Waals surface area contributed by atoms with Gasteiger partial charge in [-0.3, -0.25) is 0 Å². The van der Waals surface area contributed by atoms with Crippen molar-refractivity contribution in [1.29, 1.82) is 0 Å². The number of nitrogens with zero attached hydrogens (tertiary/aromatic N) is 1. The van der Waals surface area contributed by atoms with Crippen molar-refractivity contribution < 1.29 is 14.6 Å². The van der Waals surface area contributed by atoms with E-state index < -0.39 is 5.97 Å². The van der Waals surface area contributed by atoms with Gasteiger partial charge in [-0.25, -0.2) is 9.78 Å². The lowest BCUT2D eigenvalue weighted by Gasteiger charge is -2.06. The molecule has 0 fully saturated rings. The molecule has 0 spiro atoms. The molecule has 0 amide bonds. The van der Waals surface area contributed by atoms with Crippen molar-refractivity contribution in [3.8, 4) is 5.75 Å². The summed E-state index contributed by atoms with van der Waals surface area (Å²) in [5.74, 6) is -0.281. The third-order valence-electron chi connectivity index (χ3n) is 3.34. The molecule has 0 radical (unpaired) electrons. The number of carboxylic acids is 1. The second kappa shape index (κ2) is 7.76. The summed E-state index contributed by atoms with van der Waals surface area (Å²) in [6.07, 6.45) is 1.61. The molecule has 0 atom stereocenters. The number of rotatable bonds is 6. The Labute approximate surface area is 157 Å². The van der Waals surface area contributed by atoms with Crippen LogP contribution in [-0.2, 0) is 4.79 Å². The van der Waals surface area contributed by atoms with Crippen LogP contribution in [0.3, 0.4) is 0 Å². The molecule has 0 saturated heterocycles. The number of aliphatic carboxylic acids is 1. The number of halogens is 1. The molecule has 2 N–H and O–H groups in total. The number of H-pyrrole nitrogens is 1. The second-order valence-corrected chi connectivity index (χ2v) is 6.98. The van der Waals surface area contributed by atoms with E-state index in [1.54, 1.807) is 6.08 Å². The molecular formula is C18H15BrN2O3S. The van der Waals surface area contributed by atoms with Crippen molar-refractivity contribution in [2.75, 3.05) is 6.61 Å². The van der Waals surface area contributed by atoms with Crippen LogP contribution >= 0.6 is 27.7 Å². The van der Waals surface area contributed by atoms with Gasteiger partial charge in [0.2, 0.25) is 0 Å². The number of thioether (sulfide) groups is 1. The summed E-state index contributed by atoms with van der Waals surface area (Å²) in [5.41, 5.74) is 2.44. The van der Waals surface area contributed by atoms with Gasteiger partial charge in [0.25, 0.3) is 0 Å². The van der Waals surface area contributed by atoms with Crippen LogP contribution in [0.1, 0.15) is 12.5 Å². The third-order valence-corrected chi connectivity index (χ3v) is 4.86. The predicted molar refractivity (Wildman–Crippen MR) is 103 cm³/mol. The maximum Gasteiger partial charge on any atom is 0.342 e. The summed E-state index contributed by atoms with van der Waals surface area (Å²) >= 11 is 4.52. The molecule has 0 aliphatic carbocycles. The summed E-state index contributed by atoms with van der Waals surface area (Å²) < 4.78 is 6.25. The Balaban J connectivity index is 1.88. The zero-order valence-corrected chi connectivity index (χ0v) is 15.7. The van der Waals surface area contributed by atoms with Gasteiger partial charge in [-0.1, -0.05) is 18.2 Å². The van der Waals surface area contributed by atoms with Gasteiger partial charge < -0.3 is 14.8 Å². The first kappa shape index (κ1) is 17.6. The van der Waals surface area contributed by atoms with Gasteiger partial charge in [-0.05, 0) is 70.5 Å². The normalized spacial score (nSPS) is 11.7. The van der Waals surface area contributed by atoms with Crippen molar-refractivity contribution in [2.24, 2.45) is 0 Å². The van der Waals surface area contributed by atoms with Crippen LogP contribution in [0.15, 0.2) is 57.0 Å². The Morgan fingerprint density at radius 1 is 1.36 bits per heavy atom. The Morgan fingerprint density at radius 2 is 2.16 bits per heavy atom. The van der Waals surface area contributed by atoms with E-state index in [1.165, 1.54) is 0 Å². The molecule has 0 saturated carbocycles. The zero-order valence-electron chi connectivity index (χ0n) is 13.3. The standard InChI is InChI=1S/C18H15BrN2O3S/c1-2-24-15-8-7-11(9-12(15)19)10-16(17(22)23)25-18-20-13-5-3-4-6-14(13)21-18/h3-10H,2H2,1H3,(H,20,21)(H,22,23)/b16-10-. The van der Waals surface area contributed by atoms with E-state index in [-0.39, 0.29) is 4.91 Å². The van der Waals surface area contributed by atoms with Gasteiger partial charge in [-0.2, -0.15) is 0 Å². The Morgan fingerprint density at radius 3 is 2.84 bits per heavy atom. The molecule has 0 unspecified atom stereocenters. The molecule has 0 aliphatic heterocycles. The number of fused-ring (bicyclic) bond motifs is 1. The Kier molecular flexibility index (Phi) is 5.45. The number of imidazole rings is 1. The van der Waals surface area contributed by atoms with Crippen LogP contribution in [0.2, 0.25) is 0 Å². The lowest BCUT2D eigenvalue weighted by molar-refractivity contribution is -0.131. The molecule has 2 aromatic carbocycles. The third kappa shape index (κ3) is 4.24. The molecule has 1 aromatic heterocycles. The fraction of sp³-hybridized carbons (Fsp3) is 0.111. The summed E-state index contributed by atoms with van der Waals surface area (Å²) in [6.45, 7) is 2.48. The number of hydrogen-bond donors (Lipinski definition) is 2. The van der Waals surface area contributed by atoms with Crippen molar-refractivity contribution in [3.05, 3.63) is 57.4 Å². The van der Waals surface area contributed by atoms with E-state index in [1.807, 2.05) is 49.4 Å². The highest BCUT2D eigenvalue weighted by Gasteiger charge is 2.13. The average molecular weight is 419 g/mol. The van der Waals surface area contributed by atoms with Gasteiger partial charge in [0.1, 0.15) is 10.7 Å². The highest BCUT2D eigenvalue weighted by Crippen LogP contribution is 2.31. The first-order valence-corrected chi connectivity index (χ1v) is 9.17. The highest BCUT2D eigenvalue weighted by molar-refractivity contribution is 9.10. The Hall–Kier alpha value is -2.25. The van der Waals surface area contributed by atoms with Crippen LogP contribution in [-0.4, -0.2) is 27.7 Å². The predicted octanol–water partition coefficient (Wildman–Crippen LogP) is 4.94. The van der Waals surface area contributed by atoms with Crippen LogP contribution in [0.25, 0.3) is 17.1 Å². The number of aromatic amines is 1. The first-order valence-electron chi connectivity index (χ1n) is 7.56. The number of nitrogens with one attached hydrogen (secondary N) is 1. The van der Waals surface area contributed by atoms with Crippen LogP contribution in [0.4, 0.5) is 0 Å². The summed E-state index contributed by atoms with van der Waals surface area (Å²) in [5, 5.41) is 10.1. The van der Waals surface area contributed by atoms with E-state index in [0.29, 0.717) is 11.8 Å². The van der Waals surface area contributed by atoms with Crippen LogP contribution in [0, 0.1) is 0 Å². The van der Waals surface area contributed by atoms with Crippen LogP contribution in [0.5, 0.6) is 5.75 Å². The maximum atomic E-state index is 11.6. The minimum Gasteiger partial charge on any atom is -0.493 e. The highest BCUT2D eigenvalue weighted by atomic mass is 79.9. The molecule has 7 heteroatoms. The van der Waals surface area contributed by atoms with Crippen molar-refractivity contribution in [1.82, 2.24) is 9.97 Å².